The Kier molecular flexibility index (Phi) is 4.72. The van der Waals surface area contributed by atoms with Crippen LogP contribution < -0.4 is 0 Å². The topological polar surface area (TPSA) is 53.4 Å². The number of rotatable bonds is 4. The number of carboxylic acid groups (broad SMARTS) is 1. The first-order valence-electron chi connectivity index (χ1n) is 8.10. The molecule has 2 atom stereocenters. The van der Waals surface area contributed by atoms with Crippen molar-refractivity contribution < 1.29 is 9.90 Å². The Morgan fingerprint density at radius 1 is 1.26 bits per heavy atom. The molecule has 0 radical (unpaired) electrons. The van der Waals surface area contributed by atoms with Crippen molar-refractivity contribution in [1.82, 2.24) is 9.88 Å². The lowest BCUT2D eigenvalue weighted by Crippen LogP contribution is -2.41. The van der Waals surface area contributed by atoms with E-state index in [4.69, 9.17) is 0 Å². The van der Waals surface area contributed by atoms with Gasteiger partial charge < -0.3 is 5.11 Å². The molecule has 0 saturated carbocycles. The molecule has 0 spiro atoms. The highest BCUT2D eigenvalue weighted by atomic mass is 16.4. The predicted octanol–water partition coefficient (Wildman–Crippen LogP) is 3.28. The third-order valence-electron chi connectivity index (χ3n) is 4.62. The molecule has 0 amide bonds. The summed E-state index contributed by atoms with van der Waals surface area (Å²) >= 11 is 0. The van der Waals surface area contributed by atoms with E-state index in [0.717, 1.165) is 25.1 Å². The number of carboxylic acids is 1. The first-order valence-corrected chi connectivity index (χ1v) is 8.10. The second-order valence-corrected chi connectivity index (χ2v) is 6.19. The molecular formula is C19H22N2O2. The number of benzene rings is 1. The van der Waals surface area contributed by atoms with Gasteiger partial charge in [-0.25, -0.2) is 0 Å². The van der Waals surface area contributed by atoms with E-state index in [2.05, 4.69) is 28.9 Å². The number of carbonyl (C=O) groups is 1. The van der Waals surface area contributed by atoms with Crippen molar-refractivity contribution in [2.75, 3.05) is 13.1 Å². The molecule has 1 N–H and O–H groups in total. The molecule has 2 heterocycles. The molecule has 2 unspecified atom stereocenters. The van der Waals surface area contributed by atoms with Crippen LogP contribution in [0.4, 0.5) is 0 Å². The van der Waals surface area contributed by atoms with E-state index in [-0.39, 0.29) is 12.0 Å². The van der Waals surface area contributed by atoms with Crippen molar-refractivity contribution >= 4 is 5.97 Å². The molecule has 1 saturated heterocycles. The summed E-state index contributed by atoms with van der Waals surface area (Å²) in [7, 11) is 0. The molecule has 2 aromatic rings. The van der Waals surface area contributed by atoms with Crippen molar-refractivity contribution in [2.45, 2.75) is 25.8 Å². The molecule has 4 heteroatoms. The highest BCUT2D eigenvalue weighted by Crippen LogP contribution is 2.33. The summed E-state index contributed by atoms with van der Waals surface area (Å²) in [6.07, 6.45) is 3.47. The first-order chi connectivity index (χ1) is 11.2. The number of hydrogen-bond donors (Lipinski definition) is 1. The highest BCUT2D eigenvalue weighted by Gasteiger charge is 2.32. The average Bonchev–Trinajstić information content (AvgIpc) is 2.58. The minimum absolute atomic E-state index is 0.0135. The second-order valence-electron chi connectivity index (χ2n) is 6.19. The van der Waals surface area contributed by atoms with Gasteiger partial charge in [-0.3, -0.25) is 14.7 Å². The van der Waals surface area contributed by atoms with Gasteiger partial charge in [0, 0.05) is 12.7 Å². The number of likely N-dealkylation sites (tertiary alicyclic amines) is 1. The maximum absolute atomic E-state index is 11.4. The fourth-order valence-electron chi connectivity index (χ4n) is 3.42. The van der Waals surface area contributed by atoms with Gasteiger partial charge in [0.05, 0.1) is 17.7 Å². The van der Waals surface area contributed by atoms with E-state index in [1.165, 1.54) is 11.1 Å². The lowest BCUT2D eigenvalue weighted by Gasteiger charge is -2.37. The maximum atomic E-state index is 11.4. The summed E-state index contributed by atoms with van der Waals surface area (Å²) in [4.78, 5) is 18.2. The SMILES string of the molecule is Cc1ccccc1C(c1ccccn1)N1CCCC(C(=O)O)C1. The van der Waals surface area contributed by atoms with Gasteiger partial charge in [-0.15, -0.1) is 0 Å². The summed E-state index contributed by atoms with van der Waals surface area (Å²) in [5.41, 5.74) is 3.39. The molecule has 1 aromatic heterocycles. The zero-order valence-corrected chi connectivity index (χ0v) is 13.4. The lowest BCUT2D eigenvalue weighted by atomic mass is 9.91. The molecule has 23 heavy (non-hydrogen) atoms. The monoisotopic (exact) mass is 310 g/mol. The second kappa shape index (κ2) is 6.92. The summed E-state index contributed by atoms with van der Waals surface area (Å²) in [5.74, 6) is -0.988. The fourth-order valence-corrected chi connectivity index (χ4v) is 3.42. The van der Waals surface area contributed by atoms with Crippen LogP contribution in [0.2, 0.25) is 0 Å². The molecule has 1 aromatic carbocycles. The highest BCUT2D eigenvalue weighted by molar-refractivity contribution is 5.70. The molecule has 4 nitrogen and oxygen atoms in total. The van der Waals surface area contributed by atoms with Gasteiger partial charge in [0.25, 0.3) is 0 Å². The van der Waals surface area contributed by atoms with Crippen LogP contribution in [0.3, 0.4) is 0 Å². The van der Waals surface area contributed by atoms with Gasteiger partial charge in [-0.2, -0.15) is 0 Å². The molecule has 0 bridgehead atoms. The van der Waals surface area contributed by atoms with Gasteiger partial charge in [0.1, 0.15) is 0 Å². The summed E-state index contributed by atoms with van der Waals surface area (Å²) < 4.78 is 0. The van der Waals surface area contributed by atoms with Crippen LogP contribution in [0.25, 0.3) is 0 Å². The van der Waals surface area contributed by atoms with E-state index in [1.807, 2.05) is 30.3 Å². The van der Waals surface area contributed by atoms with E-state index in [0.29, 0.717) is 6.54 Å². The molecule has 0 aliphatic carbocycles. The Balaban J connectivity index is 1.99. The minimum Gasteiger partial charge on any atom is -0.481 e. The molecular weight excluding hydrogens is 288 g/mol. The molecule has 120 valence electrons. The molecule has 3 rings (SSSR count). The Bertz CT molecular complexity index is 672. The number of nitrogens with zero attached hydrogens (tertiary/aromatic N) is 2. The van der Waals surface area contributed by atoms with E-state index in [9.17, 15) is 9.90 Å². The Morgan fingerprint density at radius 3 is 2.74 bits per heavy atom. The number of aryl methyl sites for hydroxylation is 1. The van der Waals surface area contributed by atoms with Crippen molar-refractivity contribution in [3.63, 3.8) is 0 Å². The minimum atomic E-state index is -0.695. The average molecular weight is 310 g/mol. The van der Waals surface area contributed by atoms with Gasteiger partial charge in [-0.05, 0) is 49.6 Å². The van der Waals surface area contributed by atoms with Crippen LogP contribution in [0.15, 0.2) is 48.7 Å². The van der Waals surface area contributed by atoms with Crippen molar-refractivity contribution in [2.24, 2.45) is 5.92 Å². The summed E-state index contributed by atoms with van der Waals surface area (Å²) in [6.45, 7) is 3.58. The van der Waals surface area contributed by atoms with Gasteiger partial charge in [0.2, 0.25) is 0 Å². The van der Waals surface area contributed by atoms with Crippen LogP contribution >= 0.6 is 0 Å². The Morgan fingerprint density at radius 2 is 2.04 bits per heavy atom. The van der Waals surface area contributed by atoms with Gasteiger partial charge >= 0.3 is 5.97 Å². The molecule has 1 aliphatic heterocycles. The number of hydrogen-bond acceptors (Lipinski definition) is 3. The van der Waals surface area contributed by atoms with Crippen LogP contribution in [0, 0.1) is 12.8 Å². The van der Waals surface area contributed by atoms with Crippen molar-refractivity contribution in [3.8, 4) is 0 Å². The smallest absolute Gasteiger partial charge is 0.307 e. The third-order valence-corrected chi connectivity index (χ3v) is 4.62. The Hall–Kier alpha value is -2.20. The number of aromatic nitrogens is 1. The third kappa shape index (κ3) is 3.42. The van der Waals surface area contributed by atoms with Crippen LogP contribution in [0.1, 0.15) is 35.7 Å². The predicted molar refractivity (Wildman–Crippen MR) is 89.2 cm³/mol. The van der Waals surface area contributed by atoms with Crippen LogP contribution in [-0.2, 0) is 4.79 Å². The lowest BCUT2D eigenvalue weighted by molar-refractivity contribution is -0.143. The normalized spacial score (nSPS) is 20.1. The Labute approximate surface area is 136 Å². The zero-order chi connectivity index (χ0) is 16.2. The van der Waals surface area contributed by atoms with Crippen molar-refractivity contribution in [1.29, 1.82) is 0 Å². The quantitative estimate of drug-likeness (QED) is 0.941. The largest absolute Gasteiger partial charge is 0.481 e. The van der Waals surface area contributed by atoms with Gasteiger partial charge in [0.15, 0.2) is 0 Å². The van der Waals surface area contributed by atoms with Crippen molar-refractivity contribution in [3.05, 3.63) is 65.5 Å². The van der Waals surface area contributed by atoms with Crippen LogP contribution in [0.5, 0.6) is 0 Å². The van der Waals surface area contributed by atoms with Crippen LogP contribution in [-0.4, -0.2) is 34.0 Å². The fraction of sp³-hybridized carbons (Fsp3) is 0.368. The summed E-state index contributed by atoms with van der Waals surface area (Å²) in [6, 6.07) is 14.2. The van der Waals surface area contributed by atoms with E-state index < -0.39 is 5.97 Å². The van der Waals surface area contributed by atoms with E-state index >= 15 is 0 Å². The molecule has 1 fully saturated rings. The van der Waals surface area contributed by atoms with E-state index in [1.54, 1.807) is 6.20 Å². The van der Waals surface area contributed by atoms with Gasteiger partial charge in [-0.1, -0.05) is 30.3 Å². The maximum Gasteiger partial charge on any atom is 0.307 e. The number of aliphatic carboxylic acids is 1. The number of pyridine rings is 1. The molecule has 1 aliphatic rings. The zero-order valence-electron chi connectivity index (χ0n) is 13.4. The summed E-state index contributed by atoms with van der Waals surface area (Å²) in [5, 5.41) is 9.39. The number of piperidine rings is 1. The standard InChI is InChI=1S/C19H22N2O2/c1-14-7-2-3-9-16(14)18(17-10-4-5-11-20-17)21-12-6-8-15(13-21)19(22)23/h2-5,7,9-11,15,18H,6,8,12-13H2,1H3,(H,22,23). The first kappa shape index (κ1) is 15.7.